The lowest BCUT2D eigenvalue weighted by molar-refractivity contribution is -0.137. The number of thiocarbonyl (C=S) groups is 1. The average molecular weight is 457 g/mol. The van der Waals surface area contributed by atoms with Crippen LogP contribution in [0.2, 0.25) is 0 Å². The number of carbonyl (C=O) groups excluding carboxylic acids is 1. The number of hydrogen-bond donors (Lipinski definition) is 2. The lowest BCUT2D eigenvalue weighted by atomic mass is 10.1. The summed E-state index contributed by atoms with van der Waals surface area (Å²) in [6.45, 7) is 6.27. The van der Waals surface area contributed by atoms with Crippen LogP contribution in [-0.4, -0.2) is 62.2 Å². The molecule has 0 saturated carbocycles. The zero-order valence-electron chi connectivity index (χ0n) is 18.5. The maximum Gasteiger partial charge on any atom is 0.260 e. The molecule has 9 heteroatoms. The van der Waals surface area contributed by atoms with E-state index in [9.17, 15) is 4.79 Å². The van der Waals surface area contributed by atoms with Crippen molar-refractivity contribution < 1.29 is 19.0 Å². The number of benzene rings is 2. The Morgan fingerprint density at radius 3 is 2.59 bits per heavy atom. The smallest absolute Gasteiger partial charge is 0.260 e. The Balaban J connectivity index is 1.55. The fourth-order valence-corrected chi connectivity index (χ4v) is 3.40. The Bertz CT molecular complexity index is 970. The first-order valence-electron chi connectivity index (χ1n) is 10.3. The maximum atomic E-state index is 12.3. The third-order valence-electron chi connectivity index (χ3n) is 5.00. The van der Waals surface area contributed by atoms with E-state index < -0.39 is 0 Å². The van der Waals surface area contributed by atoms with Crippen LogP contribution in [0, 0.1) is 13.8 Å². The summed E-state index contributed by atoms with van der Waals surface area (Å²) in [5.74, 6) is 0.932. The van der Waals surface area contributed by atoms with Crippen molar-refractivity contribution in [1.29, 1.82) is 0 Å². The number of amides is 1. The van der Waals surface area contributed by atoms with Crippen molar-refractivity contribution in [2.45, 2.75) is 13.8 Å². The third kappa shape index (κ3) is 6.41. The van der Waals surface area contributed by atoms with E-state index in [0.29, 0.717) is 42.9 Å². The molecular weight excluding hydrogens is 428 g/mol. The summed E-state index contributed by atoms with van der Waals surface area (Å²) in [5, 5.41) is 7.75. The van der Waals surface area contributed by atoms with Crippen molar-refractivity contribution in [2.75, 3.05) is 45.3 Å². The molecule has 3 rings (SSSR count). The number of rotatable bonds is 7. The van der Waals surface area contributed by atoms with Crippen LogP contribution < -0.4 is 20.2 Å². The van der Waals surface area contributed by atoms with Gasteiger partial charge in [-0.15, -0.1) is 0 Å². The van der Waals surface area contributed by atoms with Crippen molar-refractivity contribution in [3.05, 3.63) is 53.1 Å². The fourth-order valence-electron chi connectivity index (χ4n) is 3.25. The second kappa shape index (κ2) is 11.4. The van der Waals surface area contributed by atoms with Crippen LogP contribution in [-0.2, 0) is 9.53 Å². The van der Waals surface area contributed by atoms with E-state index in [-0.39, 0.29) is 12.5 Å². The molecule has 1 aliphatic heterocycles. The van der Waals surface area contributed by atoms with Gasteiger partial charge in [0.2, 0.25) is 0 Å². The number of aryl methyl sites for hydroxylation is 2. The molecule has 0 bridgehead atoms. The molecule has 0 radical (unpaired) electrons. The van der Waals surface area contributed by atoms with Crippen molar-refractivity contribution in [3.63, 3.8) is 0 Å². The zero-order valence-corrected chi connectivity index (χ0v) is 19.3. The van der Waals surface area contributed by atoms with Gasteiger partial charge in [-0.25, -0.2) is 0 Å². The number of para-hydroxylation sites is 1. The number of methoxy groups -OCH3 is 1. The molecule has 170 valence electrons. The highest BCUT2D eigenvalue weighted by Gasteiger charge is 2.18. The molecule has 2 N–H and O–H groups in total. The molecule has 0 spiro atoms. The topological polar surface area (TPSA) is 84.4 Å². The van der Waals surface area contributed by atoms with Crippen molar-refractivity contribution >= 4 is 35.1 Å². The number of hydrazone groups is 1. The minimum Gasteiger partial charge on any atom is -0.493 e. The second-order valence-corrected chi connectivity index (χ2v) is 7.69. The molecule has 1 aliphatic rings. The summed E-state index contributed by atoms with van der Waals surface area (Å²) in [4.78, 5) is 14.0. The Morgan fingerprint density at radius 1 is 1.19 bits per heavy atom. The molecular formula is C23H28N4O4S. The minimum absolute atomic E-state index is 0.0520. The summed E-state index contributed by atoms with van der Waals surface area (Å²) < 4.78 is 16.4. The third-order valence-corrected chi connectivity index (χ3v) is 5.20. The summed E-state index contributed by atoms with van der Waals surface area (Å²) in [6.07, 6.45) is 1.63. The van der Waals surface area contributed by atoms with Crippen LogP contribution in [0.5, 0.6) is 11.5 Å². The quantitative estimate of drug-likeness (QED) is 0.377. The van der Waals surface area contributed by atoms with Gasteiger partial charge >= 0.3 is 0 Å². The van der Waals surface area contributed by atoms with E-state index in [1.54, 1.807) is 30.4 Å². The highest BCUT2D eigenvalue weighted by atomic mass is 32.1. The van der Waals surface area contributed by atoms with Crippen LogP contribution in [0.3, 0.4) is 0 Å². The molecule has 1 amide bonds. The normalized spacial score (nSPS) is 13.7. The maximum absolute atomic E-state index is 12.3. The van der Waals surface area contributed by atoms with Gasteiger partial charge < -0.3 is 24.4 Å². The van der Waals surface area contributed by atoms with Gasteiger partial charge in [-0.05, 0) is 61.0 Å². The van der Waals surface area contributed by atoms with Crippen LogP contribution in [0.4, 0.5) is 5.69 Å². The number of hydrogen-bond acceptors (Lipinski definition) is 6. The molecule has 2 aromatic rings. The van der Waals surface area contributed by atoms with Gasteiger partial charge in [0.1, 0.15) is 0 Å². The molecule has 1 fully saturated rings. The second-order valence-electron chi connectivity index (χ2n) is 7.28. The predicted octanol–water partition coefficient (Wildman–Crippen LogP) is 2.87. The van der Waals surface area contributed by atoms with Gasteiger partial charge in [0.15, 0.2) is 23.2 Å². The van der Waals surface area contributed by atoms with Crippen molar-refractivity contribution in [1.82, 2.24) is 10.3 Å². The fraction of sp³-hybridized carbons (Fsp3) is 0.348. The van der Waals surface area contributed by atoms with Crippen LogP contribution in [0.1, 0.15) is 16.7 Å². The lowest BCUT2D eigenvalue weighted by Crippen LogP contribution is -2.43. The van der Waals surface area contributed by atoms with E-state index in [4.69, 9.17) is 26.4 Å². The number of carbonyl (C=O) groups is 1. The zero-order chi connectivity index (χ0) is 22.9. The first-order chi connectivity index (χ1) is 15.5. The first kappa shape index (κ1) is 23.5. The highest BCUT2D eigenvalue weighted by Crippen LogP contribution is 2.27. The summed E-state index contributed by atoms with van der Waals surface area (Å²) in [7, 11) is 1.55. The summed E-state index contributed by atoms with van der Waals surface area (Å²) in [5.41, 5.74) is 6.78. The SMILES string of the molecule is COc1cc(/C=N/NC(=S)Nc2c(C)cccc2C)ccc1OCC(=O)N1CCOCC1. The Hall–Kier alpha value is -3.17. The van der Waals surface area contributed by atoms with Crippen LogP contribution >= 0.6 is 12.2 Å². The van der Waals surface area contributed by atoms with Gasteiger partial charge in [-0.2, -0.15) is 5.10 Å². The standard InChI is InChI=1S/C23H28N4O4S/c1-16-5-4-6-17(2)22(16)25-23(32)26-24-14-18-7-8-19(20(13-18)29-3)31-15-21(28)27-9-11-30-12-10-27/h4-8,13-14H,9-12,15H2,1-3H3,(H2,25,26,32)/b24-14+. The number of ether oxygens (including phenoxy) is 3. The molecule has 1 heterocycles. The van der Waals surface area contributed by atoms with Crippen LogP contribution in [0.15, 0.2) is 41.5 Å². The first-order valence-corrected chi connectivity index (χ1v) is 10.7. The number of anilines is 1. The van der Waals surface area contributed by atoms with Gasteiger partial charge in [-0.3, -0.25) is 10.2 Å². The molecule has 0 atom stereocenters. The van der Waals surface area contributed by atoms with E-state index in [1.165, 1.54) is 0 Å². The Kier molecular flexibility index (Phi) is 8.41. The highest BCUT2D eigenvalue weighted by molar-refractivity contribution is 7.80. The average Bonchev–Trinajstić information content (AvgIpc) is 2.81. The lowest BCUT2D eigenvalue weighted by Gasteiger charge is -2.26. The van der Waals surface area contributed by atoms with E-state index in [2.05, 4.69) is 15.8 Å². The van der Waals surface area contributed by atoms with Crippen molar-refractivity contribution in [2.24, 2.45) is 5.10 Å². The summed E-state index contributed by atoms with van der Waals surface area (Å²) >= 11 is 5.33. The van der Waals surface area contributed by atoms with E-state index in [0.717, 1.165) is 22.4 Å². The molecule has 0 aromatic heterocycles. The van der Waals surface area contributed by atoms with E-state index >= 15 is 0 Å². The van der Waals surface area contributed by atoms with Gasteiger partial charge in [0, 0.05) is 18.8 Å². The number of morpholine rings is 1. The van der Waals surface area contributed by atoms with Gasteiger partial charge in [0.05, 0.1) is 26.5 Å². The monoisotopic (exact) mass is 456 g/mol. The Labute approximate surface area is 193 Å². The van der Waals surface area contributed by atoms with Gasteiger partial charge in [0.25, 0.3) is 5.91 Å². The largest absolute Gasteiger partial charge is 0.493 e. The predicted molar refractivity (Wildman–Crippen MR) is 129 cm³/mol. The number of nitrogens with one attached hydrogen (secondary N) is 2. The molecule has 2 aromatic carbocycles. The number of nitrogens with zero attached hydrogens (tertiary/aromatic N) is 2. The summed E-state index contributed by atoms with van der Waals surface area (Å²) in [6, 6.07) is 11.4. The molecule has 32 heavy (non-hydrogen) atoms. The molecule has 0 unspecified atom stereocenters. The molecule has 8 nitrogen and oxygen atoms in total. The van der Waals surface area contributed by atoms with E-state index in [1.807, 2.05) is 38.1 Å². The van der Waals surface area contributed by atoms with Crippen LogP contribution in [0.25, 0.3) is 0 Å². The van der Waals surface area contributed by atoms with Gasteiger partial charge in [-0.1, -0.05) is 18.2 Å². The van der Waals surface area contributed by atoms with Crippen molar-refractivity contribution in [3.8, 4) is 11.5 Å². The molecule has 0 aliphatic carbocycles. The molecule has 1 saturated heterocycles. The minimum atomic E-state index is -0.0740. The Morgan fingerprint density at radius 2 is 1.91 bits per heavy atom.